The van der Waals surface area contributed by atoms with Crippen molar-refractivity contribution < 1.29 is 4.79 Å². The van der Waals surface area contributed by atoms with Crippen molar-refractivity contribution in [1.82, 2.24) is 5.32 Å². The molecule has 1 aliphatic rings. The van der Waals surface area contributed by atoms with Crippen molar-refractivity contribution in [3.63, 3.8) is 0 Å². The van der Waals surface area contributed by atoms with E-state index < -0.39 is 0 Å². The lowest BCUT2D eigenvalue weighted by atomic mass is 9.75. The van der Waals surface area contributed by atoms with Crippen LogP contribution >= 0.6 is 0 Å². The van der Waals surface area contributed by atoms with Gasteiger partial charge in [0, 0.05) is 23.4 Å². The molecular weight excluding hydrogens is 198 g/mol. The van der Waals surface area contributed by atoms with Gasteiger partial charge in [-0.15, -0.1) is 0 Å². The fraction of sp³-hybridized carbons (Fsp3) is 0.929. The highest BCUT2D eigenvalue weighted by Gasteiger charge is 2.32. The SMILES string of the molecule is CC(C)N[C@H]1CC[C@H](C(=O)C(C)(C)C)CC1. The lowest BCUT2D eigenvalue weighted by Crippen LogP contribution is -2.40. The summed E-state index contributed by atoms with van der Waals surface area (Å²) in [6, 6.07) is 1.18. The average molecular weight is 225 g/mol. The molecular formula is C14H27NO. The Morgan fingerprint density at radius 1 is 1.12 bits per heavy atom. The second kappa shape index (κ2) is 5.31. The van der Waals surface area contributed by atoms with Gasteiger partial charge in [-0.2, -0.15) is 0 Å². The zero-order chi connectivity index (χ0) is 12.3. The van der Waals surface area contributed by atoms with Gasteiger partial charge in [0.05, 0.1) is 0 Å². The van der Waals surface area contributed by atoms with Crippen LogP contribution < -0.4 is 5.32 Å². The molecule has 1 rings (SSSR count). The maximum absolute atomic E-state index is 12.1. The van der Waals surface area contributed by atoms with E-state index in [1.165, 1.54) is 0 Å². The fourth-order valence-electron chi connectivity index (χ4n) is 2.61. The topological polar surface area (TPSA) is 29.1 Å². The highest BCUT2D eigenvalue weighted by atomic mass is 16.1. The van der Waals surface area contributed by atoms with Gasteiger partial charge in [0.25, 0.3) is 0 Å². The maximum Gasteiger partial charge on any atom is 0.141 e. The van der Waals surface area contributed by atoms with E-state index in [0.29, 0.717) is 23.8 Å². The number of hydrogen-bond acceptors (Lipinski definition) is 2. The Bertz CT molecular complexity index is 232. The summed E-state index contributed by atoms with van der Waals surface area (Å²) in [5.41, 5.74) is -0.164. The first-order valence-corrected chi connectivity index (χ1v) is 6.61. The van der Waals surface area contributed by atoms with Gasteiger partial charge in [0.2, 0.25) is 0 Å². The van der Waals surface area contributed by atoms with E-state index in [2.05, 4.69) is 19.2 Å². The number of hydrogen-bond donors (Lipinski definition) is 1. The molecule has 0 bridgehead atoms. The minimum Gasteiger partial charge on any atom is -0.312 e. The van der Waals surface area contributed by atoms with Gasteiger partial charge in [-0.25, -0.2) is 0 Å². The van der Waals surface area contributed by atoms with Crippen LogP contribution in [0.15, 0.2) is 0 Å². The Labute approximate surface area is 100 Å². The Morgan fingerprint density at radius 3 is 2.00 bits per heavy atom. The predicted molar refractivity (Wildman–Crippen MR) is 68.5 cm³/mol. The number of carbonyl (C=O) groups excluding carboxylic acids is 1. The second-order valence-electron chi connectivity index (χ2n) is 6.48. The summed E-state index contributed by atoms with van der Waals surface area (Å²) < 4.78 is 0. The predicted octanol–water partition coefficient (Wildman–Crippen LogP) is 3.16. The molecule has 0 heterocycles. The minimum atomic E-state index is -0.164. The summed E-state index contributed by atoms with van der Waals surface area (Å²) in [6.07, 6.45) is 4.45. The van der Waals surface area contributed by atoms with Crippen LogP contribution in [0.25, 0.3) is 0 Å². The summed E-state index contributed by atoms with van der Waals surface area (Å²) in [4.78, 5) is 12.1. The summed E-state index contributed by atoms with van der Waals surface area (Å²) in [7, 11) is 0. The van der Waals surface area contributed by atoms with Crippen molar-refractivity contribution >= 4 is 5.78 Å². The van der Waals surface area contributed by atoms with E-state index >= 15 is 0 Å². The molecule has 0 radical (unpaired) electrons. The molecule has 0 aliphatic heterocycles. The monoisotopic (exact) mass is 225 g/mol. The van der Waals surface area contributed by atoms with Gasteiger partial charge in [-0.1, -0.05) is 34.6 Å². The molecule has 0 aromatic carbocycles. The molecule has 0 saturated heterocycles. The second-order valence-corrected chi connectivity index (χ2v) is 6.48. The van der Waals surface area contributed by atoms with E-state index in [4.69, 9.17) is 0 Å². The molecule has 0 spiro atoms. The molecule has 1 aliphatic carbocycles. The summed E-state index contributed by atoms with van der Waals surface area (Å²) >= 11 is 0. The third kappa shape index (κ3) is 3.89. The molecule has 0 unspecified atom stereocenters. The van der Waals surface area contributed by atoms with E-state index in [-0.39, 0.29) is 5.41 Å². The highest BCUT2D eigenvalue weighted by molar-refractivity contribution is 5.86. The molecule has 0 aromatic rings. The van der Waals surface area contributed by atoms with Gasteiger partial charge in [-0.05, 0) is 25.7 Å². The maximum atomic E-state index is 12.1. The number of ketones is 1. The van der Waals surface area contributed by atoms with Crippen LogP contribution in [0.1, 0.15) is 60.3 Å². The van der Waals surface area contributed by atoms with Crippen molar-refractivity contribution in [1.29, 1.82) is 0 Å². The largest absolute Gasteiger partial charge is 0.312 e. The number of rotatable bonds is 3. The third-order valence-corrected chi connectivity index (χ3v) is 3.41. The van der Waals surface area contributed by atoms with Gasteiger partial charge in [-0.3, -0.25) is 4.79 Å². The first-order chi connectivity index (χ1) is 7.30. The van der Waals surface area contributed by atoms with Crippen LogP contribution in [-0.4, -0.2) is 17.9 Å². The van der Waals surface area contributed by atoms with Gasteiger partial charge in [0.15, 0.2) is 0 Å². The van der Waals surface area contributed by atoms with Crippen LogP contribution in [0.5, 0.6) is 0 Å². The summed E-state index contributed by atoms with van der Waals surface area (Å²) in [5.74, 6) is 0.765. The number of carbonyl (C=O) groups is 1. The van der Waals surface area contributed by atoms with Crippen LogP contribution in [-0.2, 0) is 4.79 Å². The van der Waals surface area contributed by atoms with Crippen molar-refractivity contribution in [3.05, 3.63) is 0 Å². The highest BCUT2D eigenvalue weighted by Crippen LogP contribution is 2.31. The molecule has 1 fully saturated rings. The van der Waals surface area contributed by atoms with E-state index in [9.17, 15) is 4.79 Å². The van der Waals surface area contributed by atoms with Crippen molar-refractivity contribution in [3.8, 4) is 0 Å². The Kier molecular flexibility index (Phi) is 4.54. The molecule has 2 nitrogen and oxygen atoms in total. The summed E-state index contributed by atoms with van der Waals surface area (Å²) in [5, 5.41) is 3.57. The lowest BCUT2D eigenvalue weighted by Gasteiger charge is -2.32. The third-order valence-electron chi connectivity index (χ3n) is 3.41. The molecule has 94 valence electrons. The van der Waals surface area contributed by atoms with Crippen LogP contribution in [0.3, 0.4) is 0 Å². The zero-order valence-corrected chi connectivity index (χ0v) is 11.5. The lowest BCUT2D eigenvalue weighted by molar-refractivity contribution is -0.131. The molecule has 16 heavy (non-hydrogen) atoms. The molecule has 0 amide bonds. The Balaban J connectivity index is 2.40. The number of Topliss-reactive ketones (excluding diaryl/α,β-unsaturated/α-hetero) is 1. The van der Waals surface area contributed by atoms with Crippen molar-refractivity contribution in [2.45, 2.75) is 72.4 Å². The summed E-state index contributed by atoms with van der Waals surface area (Å²) in [6.45, 7) is 10.5. The smallest absolute Gasteiger partial charge is 0.141 e. The molecule has 2 heteroatoms. The molecule has 0 atom stereocenters. The Morgan fingerprint density at radius 2 is 1.62 bits per heavy atom. The normalized spacial score (nSPS) is 27.1. The van der Waals surface area contributed by atoms with E-state index in [1.807, 2.05) is 20.8 Å². The van der Waals surface area contributed by atoms with Crippen LogP contribution in [0.2, 0.25) is 0 Å². The average Bonchev–Trinajstić information content (AvgIpc) is 2.15. The van der Waals surface area contributed by atoms with Gasteiger partial charge >= 0.3 is 0 Å². The molecule has 1 N–H and O–H groups in total. The van der Waals surface area contributed by atoms with E-state index in [0.717, 1.165) is 25.7 Å². The zero-order valence-electron chi connectivity index (χ0n) is 11.5. The first kappa shape index (κ1) is 13.7. The van der Waals surface area contributed by atoms with Gasteiger partial charge < -0.3 is 5.32 Å². The van der Waals surface area contributed by atoms with Crippen LogP contribution in [0, 0.1) is 11.3 Å². The first-order valence-electron chi connectivity index (χ1n) is 6.61. The van der Waals surface area contributed by atoms with E-state index in [1.54, 1.807) is 0 Å². The minimum absolute atomic E-state index is 0.164. The van der Waals surface area contributed by atoms with Crippen molar-refractivity contribution in [2.75, 3.05) is 0 Å². The van der Waals surface area contributed by atoms with Crippen molar-refractivity contribution in [2.24, 2.45) is 11.3 Å². The van der Waals surface area contributed by atoms with Gasteiger partial charge in [0.1, 0.15) is 5.78 Å². The Hall–Kier alpha value is -0.370. The fourth-order valence-corrected chi connectivity index (χ4v) is 2.61. The van der Waals surface area contributed by atoms with Crippen LogP contribution in [0.4, 0.5) is 0 Å². The quantitative estimate of drug-likeness (QED) is 0.799. The number of nitrogens with one attached hydrogen (secondary N) is 1. The molecule has 0 aromatic heterocycles. The molecule has 1 saturated carbocycles. The standard InChI is InChI=1S/C14H27NO/c1-10(2)15-12-8-6-11(7-9-12)13(16)14(3,4)5/h10-12,15H,6-9H2,1-5H3/t11-,12-.